The molecule has 9 heteroatoms. The quantitative estimate of drug-likeness (QED) is 0.140. The van der Waals surface area contributed by atoms with Crippen LogP contribution >= 0.6 is 11.3 Å². The summed E-state index contributed by atoms with van der Waals surface area (Å²) in [6, 6.07) is 31.7. The van der Waals surface area contributed by atoms with Gasteiger partial charge in [-0.1, -0.05) is 98.0 Å². The van der Waals surface area contributed by atoms with Gasteiger partial charge in [0, 0.05) is 5.56 Å². The van der Waals surface area contributed by atoms with Crippen molar-refractivity contribution in [2.45, 2.75) is 46.3 Å². The average molecular weight is 684 g/mol. The SMILES string of the molecule is CCOC(=O)C1=C(c2ccccc2)N=c2s/c(=C\c3ccc(OCc4ccc(C#N)cc4)c(OCC)c3)c(=O)n2[C@@H]1c1ccc(C(C)C)cc1. The lowest BCUT2D eigenvalue weighted by Crippen LogP contribution is -2.40. The first-order valence-electron chi connectivity index (χ1n) is 16.6. The van der Waals surface area contributed by atoms with Gasteiger partial charge in [0.05, 0.1) is 46.7 Å². The van der Waals surface area contributed by atoms with Crippen LogP contribution in [-0.2, 0) is 16.1 Å². The number of esters is 1. The second-order valence-electron chi connectivity index (χ2n) is 12.0. The smallest absolute Gasteiger partial charge is 0.338 e. The van der Waals surface area contributed by atoms with Gasteiger partial charge in [0.25, 0.3) is 5.56 Å². The molecule has 5 aromatic rings. The van der Waals surface area contributed by atoms with E-state index in [9.17, 15) is 9.59 Å². The van der Waals surface area contributed by atoms with Crippen LogP contribution in [0.5, 0.6) is 11.5 Å². The summed E-state index contributed by atoms with van der Waals surface area (Å²) in [7, 11) is 0. The van der Waals surface area contributed by atoms with Crippen molar-refractivity contribution >= 4 is 29.1 Å². The highest BCUT2D eigenvalue weighted by Crippen LogP contribution is 2.36. The van der Waals surface area contributed by atoms with Gasteiger partial charge in [0.15, 0.2) is 16.3 Å². The number of aromatic nitrogens is 1. The van der Waals surface area contributed by atoms with E-state index >= 15 is 0 Å². The fourth-order valence-electron chi connectivity index (χ4n) is 5.81. The Hall–Kier alpha value is -5.72. The van der Waals surface area contributed by atoms with Crippen LogP contribution in [0.1, 0.15) is 73.0 Å². The topological polar surface area (TPSA) is 103 Å². The number of ether oxygens (including phenoxy) is 3. The van der Waals surface area contributed by atoms with E-state index in [0.29, 0.717) is 56.8 Å². The third-order valence-electron chi connectivity index (χ3n) is 8.34. The zero-order valence-corrected chi connectivity index (χ0v) is 29.2. The molecule has 0 unspecified atom stereocenters. The number of rotatable bonds is 11. The lowest BCUT2D eigenvalue weighted by atomic mass is 9.91. The molecular weight excluding hydrogens is 647 g/mol. The second-order valence-corrected chi connectivity index (χ2v) is 13.0. The molecule has 50 heavy (non-hydrogen) atoms. The first-order valence-corrected chi connectivity index (χ1v) is 17.4. The molecule has 2 heterocycles. The molecule has 6 rings (SSSR count). The Labute approximate surface area is 294 Å². The number of benzene rings is 4. The van der Waals surface area contributed by atoms with Crippen LogP contribution in [0, 0.1) is 11.3 Å². The van der Waals surface area contributed by atoms with E-state index in [2.05, 4.69) is 19.9 Å². The van der Waals surface area contributed by atoms with Gasteiger partial charge < -0.3 is 14.2 Å². The minimum atomic E-state index is -0.749. The molecule has 1 atom stereocenters. The molecule has 0 amide bonds. The summed E-state index contributed by atoms with van der Waals surface area (Å²) >= 11 is 1.27. The number of hydrogen-bond acceptors (Lipinski definition) is 8. The molecule has 0 radical (unpaired) electrons. The Kier molecular flexibility index (Phi) is 10.4. The van der Waals surface area contributed by atoms with Crippen molar-refractivity contribution in [3.63, 3.8) is 0 Å². The molecule has 1 aliphatic rings. The van der Waals surface area contributed by atoms with E-state index < -0.39 is 12.0 Å². The van der Waals surface area contributed by atoms with Gasteiger partial charge in [0.2, 0.25) is 0 Å². The van der Waals surface area contributed by atoms with Gasteiger partial charge >= 0.3 is 5.97 Å². The monoisotopic (exact) mass is 683 g/mol. The van der Waals surface area contributed by atoms with E-state index in [0.717, 1.165) is 27.8 Å². The summed E-state index contributed by atoms with van der Waals surface area (Å²) in [5.74, 6) is 0.911. The van der Waals surface area contributed by atoms with Crippen LogP contribution < -0.4 is 24.4 Å². The van der Waals surface area contributed by atoms with Gasteiger partial charge in [-0.3, -0.25) is 9.36 Å². The molecule has 0 aliphatic carbocycles. The maximum Gasteiger partial charge on any atom is 0.338 e. The lowest BCUT2D eigenvalue weighted by Gasteiger charge is -2.26. The maximum atomic E-state index is 14.4. The molecule has 0 fully saturated rings. The number of carbonyl (C=O) groups excluding carboxylic acids is 1. The van der Waals surface area contributed by atoms with Crippen molar-refractivity contribution in [2.24, 2.45) is 4.99 Å². The van der Waals surface area contributed by atoms with Gasteiger partial charge in [0.1, 0.15) is 6.61 Å². The summed E-state index contributed by atoms with van der Waals surface area (Å²) in [6.07, 6.45) is 1.81. The Bertz CT molecular complexity index is 2260. The molecule has 252 valence electrons. The van der Waals surface area contributed by atoms with Crippen molar-refractivity contribution in [1.29, 1.82) is 5.26 Å². The van der Waals surface area contributed by atoms with E-state index in [-0.39, 0.29) is 12.2 Å². The van der Waals surface area contributed by atoms with Crippen LogP contribution in [0.25, 0.3) is 11.8 Å². The Balaban J connectivity index is 1.46. The molecule has 1 aromatic heterocycles. The Morgan fingerprint density at radius 1 is 0.940 bits per heavy atom. The first kappa shape index (κ1) is 34.2. The molecule has 4 aromatic carbocycles. The lowest BCUT2D eigenvalue weighted by molar-refractivity contribution is -0.138. The molecule has 8 nitrogen and oxygen atoms in total. The van der Waals surface area contributed by atoms with Crippen molar-refractivity contribution in [3.05, 3.63) is 156 Å². The first-order chi connectivity index (χ1) is 24.3. The second kappa shape index (κ2) is 15.2. The van der Waals surface area contributed by atoms with E-state index in [1.807, 2.05) is 97.9 Å². The van der Waals surface area contributed by atoms with E-state index in [1.165, 1.54) is 11.3 Å². The predicted molar refractivity (Wildman–Crippen MR) is 195 cm³/mol. The minimum Gasteiger partial charge on any atom is -0.490 e. The van der Waals surface area contributed by atoms with Gasteiger partial charge in [-0.2, -0.15) is 5.26 Å². The van der Waals surface area contributed by atoms with Crippen molar-refractivity contribution in [1.82, 2.24) is 4.57 Å². The summed E-state index contributed by atoms with van der Waals surface area (Å²) in [6.45, 7) is 8.82. The van der Waals surface area contributed by atoms with Gasteiger partial charge in [-0.25, -0.2) is 9.79 Å². The zero-order valence-electron chi connectivity index (χ0n) is 28.4. The molecule has 0 saturated carbocycles. The van der Waals surface area contributed by atoms with Crippen LogP contribution in [-0.4, -0.2) is 23.8 Å². The predicted octanol–water partition coefficient (Wildman–Crippen LogP) is 6.91. The highest BCUT2D eigenvalue weighted by atomic mass is 32.1. The van der Waals surface area contributed by atoms with Crippen molar-refractivity contribution in [3.8, 4) is 17.6 Å². The largest absolute Gasteiger partial charge is 0.490 e. The van der Waals surface area contributed by atoms with Gasteiger partial charge in [-0.15, -0.1) is 0 Å². The average Bonchev–Trinajstić information content (AvgIpc) is 3.45. The van der Waals surface area contributed by atoms with E-state index in [4.69, 9.17) is 24.5 Å². The molecule has 0 spiro atoms. The number of carbonyl (C=O) groups is 1. The van der Waals surface area contributed by atoms with E-state index in [1.54, 1.807) is 23.6 Å². The highest BCUT2D eigenvalue weighted by Gasteiger charge is 2.35. The number of fused-ring (bicyclic) bond motifs is 1. The Morgan fingerprint density at radius 2 is 1.68 bits per heavy atom. The fraction of sp³-hybridized carbons (Fsp3) is 0.220. The van der Waals surface area contributed by atoms with Gasteiger partial charge in [-0.05, 0) is 72.4 Å². The number of hydrogen-bond donors (Lipinski definition) is 0. The number of nitriles is 1. The molecule has 0 bridgehead atoms. The zero-order chi connectivity index (χ0) is 35.2. The van der Waals surface area contributed by atoms with Crippen molar-refractivity contribution in [2.75, 3.05) is 13.2 Å². The standard InChI is InChI=1S/C41H37N3O5S/c1-5-47-34-22-29(16-21-33(34)49-25-28-14-12-27(24-42)13-15-28)23-35-39(45)44-38(32-19-17-30(18-20-32)26(3)4)36(40(46)48-6-2)37(43-41(44)50-35)31-10-8-7-9-11-31/h7-23,26,38H,5-6,25H2,1-4H3/b35-23-/t38-/m1/s1. The normalized spacial score (nSPS) is 14.2. The molecule has 1 aliphatic heterocycles. The summed E-state index contributed by atoms with van der Waals surface area (Å²) in [5.41, 5.74) is 5.49. The van der Waals surface area contributed by atoms with Crippen LogP contribution in [0.3, 0.4) is 0 Å². The highest BCUT2D eigenvalue weighted by molar-refractivity contribution is 7.07. The molecule has 0 N–H and O–H groups in total. The van der Waals surface area contributed by atoms with Crippen LogP contribution in [0.15, 0.2) is 112 Å². The summed E-state index contributed by atoms with van der Waals surface area (Å²) < 4.78 is 19.7. The minimum absolute atomic E-state index is 0.184. The third kappa shape index (κ3) is 7.16. The number of thiazole rings is 1. The Morgan fingerprint density at radius 3 is 2.34 bits per heavy atom. The third-order valence-corrected chi connectivity index (χ3v) is 9.32. The fourth-order valence-corrected chi connectivity index (χ4v) is 6.81. The van der Waals surface area contributed by atoms with Crippen LogP contribution in [0.2, 0.25) is 0 Å². The summed E-state index contributed by atoms with van der Waals surface area (Å²) in [5, 5.41) is 9.08. The molecular formula is C41H37N3O5S. The molecule has 0 saturated heterocycles. The van der Waals surface area contributed by atoms with Crippen LogP contribution in [0.4, 0.5) is 0 Å². The maximum absolute atomic E-state index is 14.4. The van der Waals surface area contributed by atoms with Crippen molar-refractivity contribution < 1.29 is 19.0 Å². The number of nitrogens with zero attached hydrogens (tertiary/aromatic N) is 3. The summed E-state index contributed by atoms with van der Waals surface area (Å²) in [4.78, 5) is 33.6.